The summed E-state index contributed by atoms with van der Waals surface area (Å²) in [4.78, 5) is 15.0. The molecule has 1 amide bonds. The summed E-state index contributed by atoms with van der Waals surface area (Å²) in [5.74, 6) is 0.883. The summed E-state index contributed by atoms with van der Waals surface area (Å²) in [5, 5.41) is 3.02. The smallest absolute Gasteiger partial charge is 0.258 e. The Bertz CT molecular complexity index is 500. The van der Waals surface area contributed by atoms with E-state index in [4.69, 9.17) is 9.47 Å². The van der Waals surface area contributed by atoms with E-state index in [-0.39, 0.29) is 11.4 Å². The number of carbonyl (C=O) groups is 1. The van der Waals surface area contributed by atoms with E-state index in [2.05, 4.69) is 24.1 Å². The molecule has 0 spiro atoms. The van der Waals surface area contributed by atoms with Crippen LogP contribution in [0.5, 0.6) is 11.5 Å². The minimum Gasteiger partial charge on any atom is -0.496 e. The average molecular weight is 306 g/mol. The van der Waals surface area contributed by atoms with Gasteiger partial charge in [-0.3, -0.25) is 9.69 Å². The molecule has 2 rings (SSSR count). The zero-order chi connectivity index (χ0) is 16.2. The first-order valence-corrected chi connectivity index (χ1v) is 7.74. The van der Waals surface area contributed by atoms with Crippen molar-refractivity contribution in [2.45, 2.75) is 32.2 Å². The number of hydrogen-bond donors (Lipinski definition) is 1. The zero-order valence-corrected chi connectivity index (χ0v) is 13.9. The molecule has 0 aliphatic carbocycles. The van der Waals surface area contributed by atoms with Gasteiger partial charge >= 0.3 is 0 Å². The maximum atomic E-state index is 12.6. The molecule has 0 atom stereocenters. The number of rotatable bonds is 6. The quantitative estimate of drug-likeness (QED) is 0.876. The first kappa shape index (κ1) is 16.6. The Morgan fingerprint density at radius 3 is 2.23 bits per heavy atom. The lowest BCUT2D eigenvalue weighted by atomic mass is 10.0. The zero-order valence-electron chi connectivity index (χ0n) is 13.9. The highest BCUT2D eigenvalue weighted by Gasteiger charge is 2.30. The summed E-state index contributed by atoms with van der Waals surface area (Å²) >= 11 is 0. The number of amides is 1. The normalized spacial score (nSPS) is 15.6. The van der Waals surface area contributed by atoms with Crippen LogP contribution in [0.4, 0.5) is 0 Å². The molecule has 1 heterocycles. The molecule has 1 aliphatic rings. The van der Waals surface area contributed by atoms with Crippen molar-refractivity contribution in [2.75, 3.05) is 33.9 Å². The van der Waals surface area contributed by atoms with Crippen molar-refractivity contribution in [3.05, 3.63) is 23.8 Å². The van der Waals surface area contributed by atoms with Crippen LogP contribution < -0.4 is 14.8 Å². The van der Waals surface area contributed by atoms with Gasteiger partial charge in [-0.25, -0.2) is 0 Å². The van der Waals surface area contributed by atoms with Crippen LogP contribution in [0.2, 0.25) is 0 Å². The fourth-order valence-electron chi connectivity index (χ4n) is 2.89. The van der Waals surface area contributed by atoms with Crippen molar-refractivity contribution >= 4 is 5.91 Å². The predicted octanol–water partition coefficient (Wildman–Crippen LogP) is 2.31. The summed E-state index contributed by atoms with van der Waals surface area (Å²) in [5.41, 5.74) is 0.395. The summed E-state index contributed by atoms with van der Waals surface area (Å²) in [6.45, 7) is 7.12. The molecule has 22 heavy (non-hydrogen) atoms. The Labute approximate surface area is 132 Å². The lowest BCUT2D eigenvalue weighted by Crippen LogP contribution is -2.50. The van der Waals surface area contributed by atoms with Gasteiger partial charge in [-0.2, -0.15) is 0 Å². The van der Waals surface area contributed by atoms with E-state index in [0.29, 0.717) is 23.6 Å². The molecule has 0 unspecified atom stereocenters. The van der Waals surface area contributed by atoms with E-state index in [9.17, 15) is 4.79 Å². The first-order chi connectivity index (χ1) is 10.5. The van der Waals surface area contributed by atoms with Crippen molar-refractivity contribution in [3.8, 4) is 11.5 Å². The summed E-state index contributed by atoms with van der Waals surface area (Å²) in [6.07, 6.45) is 2.47. The van der Waals surface area contributed by atoms with Crippen molar-refractivity contribution in [1.29, 1.82) is 0 Å². The van der Waals surface area contributed by atoms with Gasteiger partial charge in [0.25, 0.3) is 5.91 Å². The maximum absolute atomic E-state index is 12.6. The molecule has 1 aliphatic heterocycles. The third-order valence-corrected chi connectivity index (χ3v) is 4.30. The number of likely N-dealkylation sites (tertiary alicyclic amines) is 1. The van der Waals surface area contributed by atoms with Crippen molar-refractivity contribution in [2.24, 2.45) is 0 Å². The van der Waals surface area contributed by atoms with Crippen LogP contribution in [0.1, 0.15) is 37.0 Å². The predicted molar refractivity (Wildman–Crippen MR) is 86.8 cm³/mol. The Kier molecular flexibility index (Phi) is 5.29. The van der Waals surface area contributed by atoms with E-state index in [0.717, 1.165) is 13.1 Å². The standard InChI is InChI=1S/C17H26N2O3/c1-17(2,19-10-5-6-11-19)12-18-16(20)15-13(21-3)8-7-9-14(15)22-4/h7-9H,5-6,10-12H2,1-4H3,(H,18,20). The van der Waals surface area contributed by atoms with Gasteiger partial charge in [0.1, 0.15) is 17.1 Å². The van der Waals surface area contributed by atoms with Crippen LogP contribution in [0.15, 0.2) is 18.2 Å². The highest BCUT2D eigenvalue weighted by atomic mass is 16.5. The third-order valence-electron chi connectivity index (χ3n) is 4.30. The SMILES string of the molecule is COc1cccc(OC)c1C(=O)NCC(C)(C)N1CCCC1. The van der Waals surface area contributed by atoms with Gasteiger partial charge in [0.15, 0.2) is 0 Å². The minimum absolute atomic E-state index is 0.0542. The number of hydrogen-bond acceptors (Lipinski definition) is 4. The molecule has 0 radical (unpaired) electrons. The highest BCUT2D eigenvalue weighted by molar-refractivity contribution is 5.99. The fourth-order valence-corrected chi connectivity index (χ4v) is 2.89. The third kappa shape index (κ3) is 3.53. The molecule has 1 aromatic rings. The van der Waals surface area contributed by atoms with E-state index < -0.39 is 0 Å². The van der Waals surface area contributed by atoms with Gasteiger partial charge < -0.3 is 14.8 Å². The molecular formula is C17H26N2O3. The summed E-state index contributed by atoms with van der Waals surface area (Å²) in [6, 6.07) is 5.34. The second-order valence-corrected chi connectivity index (χ2v) is 6.23. The fraction of sp³-hybridized carbons (Fsp3) is 0.588. The number of methoxy groups -OCH3 is 2. The van der Waals surface area contributed by atoms with Crippen LogP contribution in [-0.4, -0.2) is 50.2 Å². The monoisotopic (exact) mass is 306 g/mol. The van der Waals surface area contributed by atoms with E-state index in [1.807, 2.05) is 6.07 Å². The average Bonchev–Trinajstić information content (AvgIpc) is 3.07. The van der Waals surface area contributed by atoms with Crippen LogP contribution >= 0.6 is 0 Å². The molecular weight excluding hydrogens is 280 g/mol. The van der Waals surface area contributed by atoms with Crippen LogP contribution in [0.25, 0.3) is 0 Å². The molecule has 1 N–H and O–H groups in total. The second kappa shape index (κ2) is 7.01. The Hall–Kier alpha value is -1.75. The van der Waals surface area contributed by atoms with Crippen LogP contribution in [0.3, 0.4) is 0 Å². The van der Waals surface area contributed by atoms with Crippen LogP contribution in [0, 0.1) is 0 Å². The summed E-state index contributed by atoms with van der Waals surface area (Å²) < 4.78 is 10.6. The van der Waals surface area contributed by atoms with Crippen molar-refractivity contribution in [1.82, 2.24) is 10.2 Å². The van der Waals surface area contributed by atoms with Gasteiger partial charge in [0.2, 0.25) is 0 Å². The topological polar surface area (TPSA) is 50.8 Å². The van der Waals surface area contributed by atoms with Gasteiger partial charge in [-0.1, -0.05) is 6.07 Å². The Morgan fingerprint density at radius 2 is 1.73 bits per heavy atom. The molecule has 0 aromatic heterocycles. The van der Waals surface area contributed by atoms with Gasteiger partial charge in [0.05, 0.1) is 14.2 Å². The number of nitrogens with one attached hydrogen (secondary N) is 1. The molecule has 0 saturated carbocycles. The molecule has 1 aromatic carbocycles. The summed E-state index contributed by atoms with van der Waals surface area (Å²) in [7, 11) is 3.11. The lowest BCUT2D eigenvalue weighted by molar-refractivity contribution is 0.0896. The minimum atomic E-state index is -0.165. The maximum Gasteiger partial charge on any atom is 0.258 e. The number of benzene rings is 1. The highest BCUT2D eigenvalue weighted by Crippen LogP contribution is 2.28. The van der Waals surface area contributed by atoms with Crippen molar-refractivity contribution < 1.29 is 14.3 Å². The molecule has 122 valence electrons. The molecule has 0 bridgehead atoms. The lowest BCUT2D eigenvalue weighted by Gasteiger charge is -2.35. The van der Waals surface area contributed by atoms with E-state index >= 15 is 0 Å². The first-order valence-electron chi connectivity index (χ1n) is 7.74. The second-order valence-electron chi connectivity index (χ2n) is 6.23. The molecule has 1 fully saturated rings. The Balaban J connectivity index is 2.09. The van der Waals surface area contributed by atoms with E-state index in [1.165, 1.54) is 12.8 Å². The molecule has 1 saturated heterocycles. The number of ether oxygens (including phenoxy) is 2. The van der Waals surface area contributed by atoms with E-state index in [1.54, 1.807) is 26.4 Å². The van der Waals surface area contributed by atoms with Gasteiger partial charge in [-0.15, -0.1) is 0 Å². The number of nitrogens with zero attached hydrogens (tertiary/aromatic N) is 1. The molecule has 5 nitrogen and oxygen atoms in total. The largest absolute Gasteiger partial charge is 0.496 e. The van der Waals surface area contributed by atoms with Crippen molar-refractivity contribution in [3.63, 3.8) is 0 Å². The number of carbonyl (C=O) groups excluding carboxylic acids is 1. The van der Waals surface area contributed by atoms with Gasteiger partial charge in [-0.05, 0) is 51.9 Å². The Morgan fingerprint density at radius 1 is 1.18 bits per heavy atom. The molecule has 5 heteroatoms. The van der Waals surface area contributed by atoms with Gasteiger partial charge in [0, 0.05) is 12.1 Å². The van der Waals surface area contributed by atoms with Crippen LogP contribution in [-0.2, 0) is 0 Å².